The highest BCUT2D eigenvalue weighted by Gasteiger charge is 2.18. The Kier molecular flexibility index (Phi) is 5.93. The van der Waals surface area contributed by atoms with E-state index in [0.29, 0.717) is 28.3 Å². The molecule has 0 aliphatic carbocycles. The molecule has 0 atom stereocenters. The minimum atomic E-state index is -0.272. The third-order valence-corrected chi connectivity index (χ3v) is 4.85. The van der Waals surface area contributed by atoms with E-state index in [1.54, 1.807) is 18.2 Å². The zero-order valence-electron chi connectivity index (χ0n) is 14.7. The molecule has 0 unspecified atom stereocenters. The maximum absolute atomic E-state index is 12.4. The van der Waals surface area contributed by atoms with E-state index in [1.807, 2.05) is 19.0 Å². The number of hydrogen-bond acceptors (Lipinski definition) is 6. The summed E-state index contributed by atoms with van der Waals surface area (Å²) in [6.45, 7) is 2.08. The first kappa shape index (κ1) is 18.8. The smallest absolute Gasteiger partial charge is 0.253 e. The normalized spacial score (nSPS) is 13.8. The van der Waals surface area contributed by atoms with Crippen LogP contribution < -0.4 is 15.1 Å². The molecule has 1 N–H and O–H groups in total. The SMILES string of the molecule is CN(C)c1nc(CNC(=O)c2cc(Br)ccc2Cl)nc(N2CCCC2)n1. The highest BCUT2D eigenvalue weighted by molar-refractivity contribution is 9.10. The molecule has 0 spiro atoms. The van der Waals surface area contributed by atoms with E-state index in [-0.39, 0.29) is 12.5 Å². The van der Waals surface area contributed by atoms with Crippen molar-refractivity contribution in [1.29, 1.82) is 0 Å². The fourth-order valence-electron chi connectivity index (χ4n) is 2.66. The molecule has 0 radical (unpaired) electrons. The third kappa shape index (κ3) is 4.42. The van der Waals surface area contributed by atoms with Crippen LogP contribution in [0, 0.1) is 0 Å². The molecule has 1 aliphatic rings. The second-order valence-electron chi connectivity index (χ2n) is 6.25. The predicted octanol–water partition coefficient (Wildman–Crippen LogP) is 2.88. The molecule has 3 rings (SSSR count). The van der Waals surface area contributed by atoms with Crippen LogP contribution in [0.3, 0.4) is 0 Å². The van der Waals surface area contributed by atoms with Crippen LogP contribution in [0.2, 0.25) is 5.02 Å². The van der Waals surface area contributed by atoms with Gasteiger partial charge in [0.15, 0.2) is 5.82 Å². The van der Waals surface area contributed by atoms with Crippen molar-refractivity contribution in [1.82, 2.24) is 20.3 Å². The van der Waals surface area contributed by atoms with Crippen molar-refractivity contribution in [3.63, 3.8) is 0 Å². The topological polar surface area (TPSA) is 74.2 Å². The average molecular weight is 440 g/mol. The summed E-state index contributed by atoms with van der Waals surface area (Å²) in [4.78, 5) is 29.9. The van der Waals surface area contributed by atoms with Crippen molar-refractivity contribution < 1.29 is 4.79 Å². The number of anilines is 2. The van der Waals surface area contributed by atoms with Gasteiger partial charge in [0, 0.05) is 31.7 Å². The molecule has 1 fully saturated rings. The van der Waals surface area contributed by atoms with Gasteiger partial charge in [-0.2, -0.15) is 15.0 Å². The summed E-state index contributed by atoms with van der Waals surface area (Å²) in [5.74, 6) is 1.48. The van der Waals surface area contributed by atoms with Crippen LogP contribution >= 0.6 is 27.5 Å². The number of halogens is 2. The molecule has 138 valence electrons. The van der Waals surface area contributed by atoms with E-state index in [1.165, 1.54) is 0 Å². The van der Waals surface area contributed by atoms with Crippen LogP contribution in [-0.2, 0) is 6.54 Å². The van der Waals surface area contributed by atoms with Crippen molar-refractivity contribution >= 4 is 45.3 Å². The van der Waals surface area contributed by atoms with Gasteiger partial charge in [-0.05, 0) is 31.0 Å². The molecule has 1 aromatic heterocycles. The second-order valence-corrected chi connectivity index (χ2v) is 7.57. The second kappa shape index (κ2) is 8.18. The van der Waals surface area contributed by atoms with Gasteiger partial charge in [0.05, 0.1) is 17.1 Å². The summed E-state index contributed by atoms with van der Waals surface area (Å²) in [5.41, 5.74) is 0.405. The van der Waals surface area contributed by atoms with Gasteiger partial charge in [-0.15, -0.1) is 0 Å². The Bertz CT molecular complexity index is 810. The average Bonchev–Trinajstić information content (AvgIpc) is 3.16. The van der Waals surface area contributed by atoms with Crippen LogP contribution in [0.4, 0.5) is 11.9 Å². The Morgan fingerprint density at radius 1 is 1.27 bits per heavy atom. The molecule has 2 heterocycles. The molecule has 0 bridgehead atoms. The first-order chi connectivity index (χ1) is 12.4. The summed E-state index contributed by atoms with van der Waals surface area (Å²) in [7, 11) is 3.76. The van der Waals surface area contributed by atoms with E-state index in [9.17, 15) is 4.79 Å². The molecule has 1 aliphatic heterocycles. The summed E-state index contributed by atoms with van der Waals surface area (Å²) in [6.07, 6.45) is 2.27. The summed E-state index contributed by atoms with van der Waals surface area (Å²) in [6, 6.07) is 5.15. The van der Waals surface area contributed by atoms with Crippen molar-refractivity contribution in [2.45, 2.75) is 19.4 Å². The van der Waals surface area contributed by atoms with Crippen LogP contribution in [0.15, 0.2) is 22.7 Å². The van der Waals surface area contributed by atoms with Gasteiger partial charge in [0.1, 0.15) is 0 Å². The number of amides is 1. The van der Waals surface area contributed by atoms with Crippen molar-refractivity contribution in [3.05, 3.63) is 39.1 Å². The van der Waals surface area contributed by atoms with Crippen LogP contribution in [-0.4, -0.2) is 48.0 Å². The standard InChI is InChI=1S/C17H20BrClN6O/c1-24(2)16-21-14(22-17(23-16)25-7-3-4-8-25)10-20-15(26)12-9-11(18)5-6-13(12)19/h5-6,9H,3-4,7-8,10H2,1-2H3,(H,20,26). The van der Waals surface area contributed by atoms with Crippen molar-refractivity contribution in [3.8, 4) is 0 Å². The number of nitrogens with one attached hydrogen (secondary N) is 1. The fraction of sp³-hybridized carbons (Fsp3) is 0.412. The lowest BCUT2D eigenvalue weighted by atomic mass is 10.2. The minimum Gasteiger partial charge on any atom is -0.347 e. The van der Waals surface area contributed by atoms with Crippen LogP contribution in [0.25, 0.3) is 0 Å². The molecule has 2 aromatic rings. The Hall–Kier alpha value is -1.93. The Morgan fingerprint density at radius 3 is 2.69 bits per heavy atom. The number of aromatic nitrogens is 3. The van der Waals surface area contributed by atoms with E-state index < -0.39 is 0 Å². The van der Waals surface area contributed by atoms with Crippen molar-refractivity contribution in [2.75, 3.05) is 37.0 Å². The van der Waals surface area contributed by atoms with Gasteiger partial charge in [-0.3, -0.25) is 4.79 Å². The molecular weight excluding hydrogens is 420 g/mol. The highest BCUT2D eigenvalue weighted by Crippen LogP contribution is 2.21. The fourth-order valence-corrected chi connectivity index (χ4v) is 3.22. The predicted molar refractivity (Wildman–Crippen MR) is 106 cm³/mol. The van der Waals surface area contributed by atoms with E-state index in [0.717, 1.165) is 30.4 Å². The molecule has 1 amide bonds. The number of carbonyl (C=O) groups excluding carboxylic acids is 1. The van der Waals surface area contributed by atoms with Crippen LogP contribution in [0.5, 0.6) is 0 Å². The first-order valence-corrected chi connectivity index (χ1v) is 9.51. The number of nitrogens with zero attached hydrogens (tertiary/aromatic N) is 5. The summed E-state index contributed by atoms with van der Waals surface area (Å²) in [5, 5.41) is 3.23. The minimum absolute atomic E-state index is 0.200. The van der Waals surface area contributed by atoms with Crippen molar-refractivity contribution in [2.24, 2.45) is 0 Å². The number of rotatable bonds is 5. The number of benzene rings is 1. The maximum atomic E-state index is 12.4. The third-order valence-electron chi connectivity index (χ3n) is 4.03. The van der Waals surface area contributed by atoms with Gasteiger partial charge in [0.25, 0.3) is 5.91 Å². The monoisotopic (exact) mass is 438 g/mol. The van der Waals surface area contributed by atoms with Crippen LogP contribution in [0.1, 0.15) is 29.0 Å². The zero-order valence-corrected chi connectivity index (χ0v) is 17.0. The zero-order chi connectivity index (χ0) is 18.7. The Morgan fingerprint density at radius 2 is 2.00 bits per heavy atom. The molecule has 9 heteroatoms. The lowest BCUT2D eigenvalue weighted by molar-refractivity contribution is 0.0950. The van der Waals surface area contributed by atoms with E-state index >= 15 is 0 Å². The van der Waals surface area contributed by atoms with E-state index in [2.05, 4.69) is 41.1 Å². The van der Waals surface area contributed by atoms with E-state index in [4.69, 9.17) is 11.6 Å². The van der Waals surface area contributed by atoms with Gasteiger partial charge >= 0.3 is 0 Å². The Balaban J connectivity index is 1.78. The van der Waals surface area contributed by atoms with Gasteiger partial charge in [0.2, 0.25) is 11.9 Å². The molecule has 0 saturated carbocycles. The Labute approximate surface area is 165 Å². The van der Waals surface area contributed by atoms with Gasteiger partial charge in [-0.1, -0.05) is 27.5 Å². The number of hydrogen-bond donors (Lipinski definition) is 1. The van der Waals surface area contributed by atoms with Gasteiger partial charge in [-0.25, -0.2) is 0 Å². The molecule has 1 aromatic carbocycles. The molecular formula is C17H20BrClN6O. The lowest BCUT2D eigenvalue weighted by Gasteiger charge is -2.19. The summed E-state index contributed by atoms with van der Waals surface area (Å²) < 4.78 is 0.790. The molecule has 7 nitrogen and oxygen atoms in total. The highest BCUT2D eigenvalue weighted by atomic mass is 79.9. The first-order valence-electron chi connectivity index (χ1n) is 8.34. The largest absolute Gasteiger partial charge is 0.347 e. The van der Waals surface area contributed by atoms with Gasteiger partial charge < -0.3 is 15.1 Å². The summed E-state index contributed by atoms with van der Waals surface area (Å²) >= 11 is 9.47. The quantitative estimate of drug-likeness (QED) is 0.772. The maximum Gasteiger partial charge on any atom is 0.253 e. The molecule has 26 heavy (non-hydrogen) atoms. The number of carbonyl (C=O) groups is 1. The lowest BCUT2D eigenvalue weighted by Crippen LogP contribution is -2.27. The molecule has 1 saturated heterocycles.